The Bertz CT molecular complexity index is 470. The molecule has 2 rings (SSSR count). The van der Waals surface area contributed by atoms with Gasteiger partial charge in [-0.25, -0.2) is 0 Å². The van der Waals surface area contributed by atoms with Gasteiger partial charge in [-0.2, -0.15) is 0 Å². The number of carboxylic acids is 1. The van der Waals surface area contributed by atoms with Crippen molar-refractivity contribution in [3.63, 3.8) is 0 Å². The van der Waals surface area contributed by atoms with Gasteiger partial charge in [0.05, 0.1) is 12.5 Å². The lowest BCUT2D eigenvalue weighted by Gasteiger charge is -2.14. The lowest BCUT2D eigenvalue weighted by molar-refractivity contribution is -0.136. The number of benzene rings is 1. The van der Waals surface area contributed by atoms with E-state index in [1.807, 2.05) is 12.1 Å². The fourth-order valence-electron chi connectivity index (χ4n) is 2.07. The van der Waals surface area contributed by atoms with Crippen LogP contribution in [0.15, 0.2) is 24.3 Å². The number of anilines is 1. The number of carbonyl (C=O) groups is 1. The average molecular weight is 294 g/mol. The van der Waals surface area contributed by atoms with Crippen LogP contribution in [0.25, 0.3) is 0 Å². The van der Waals surface area contributed by atoms with Crippen molar-refractivity contribution in [2.45, 2.75) is 25.4 Å². The quantitative estimate of drug-likeness (QED) is 0.719. The van der Waals surface area contributed by atoms with Crippen molar-refractivity contribution < 1.29 is 14.6 Å². The molecule has 0 bridgehead atoms. The summed E-state index contributed by atoms with van der Waals surface area (Å²) in [4.78, 5) is 10.6. The Hall–Kier alpha value is -1.66. The first-order valence-corrected chi connectivity index (χ1v) is 7.01. The van der Waals surface area contributed by atoms with E-state index in [4.69, 9.17) is 22.1 Å². The summed E-state index contributed by atoms with van der Waals surface area (Å²) in [6.07, 6.45) is 2.45. The fraction of sp³-hybridized carbons (Fsp3) is 0.429. The summed E-state index contributed by atoms with van der Waals surface area (Å²) in [5.74, 6) is -0.834. The van der Waals surface area contributed by atoms with Gasteiger partial charge in [-0.15, -0.1) is 0 Å². The molecule has 20 heavy (non-hydrogen) atoms. The molecule has 0 amide bonds. The normalized spacial score (nSPS) is 17.7. The number of aliphatic carboxylic acids is 1. The molecule has 3 N–H and O–H groups in total. The maximum absolute atomic E-state index is 10.6. The van der Waals surface area contributed by atoms with Crippen LogP contribution in [0, 0.1) is 0 Å². The largest absolute Gasteiger partial charge is 0.481 e. The van der Waals surface area contributed by atoms with Crippen molar-refractivity contribution >= 4 is 29.0 Å². The van der Waals surface area contributed by atoms with Crippen molar-refractivity contribution in [1.82, 2.24) is 5.32 Å². The molecule has 0 radical (unpaired) electrons. The van der Waals surface area contributed by atoms with E-state index < -0.39 is 5.97 Å². The molecule has 1 heterocycles. The number of nitrogens with one attached hydrogen (secondary N) is 2. The van der Waals surface area contributed by atoms with Crippen LogP contribution < -0.4 is 10.6 Å². The lowest BCUT2D eigenvalue weighted by atomic mass is 10.1. The minimum atomic E-state index is -0.834. The zero-order valence-corrected chi connectivity index (χ0v) is 11.9. The molecular formula is C14H18N2O3S. The highest BCUT2D eigenvalue weighted by Crippen LogP contribution is 2.12. The van der Waals surface area contributed by atoms with Gasteiger partial charge in [0.2, 0.25) is 0 Å². The van der Waals surface area contributed by atoms with Gasteiger partial charge < -0.3 is 20.5 Å². The van der Waals surface area contributed by atoms with E-state index in [0.717, 1.165) is 30.7 Å². The van der Waals surface area contributed by atoms with Crippen LogP contribution in [-0.4, -0.2) is 35.4 Å². The van der Waals surface area contributed by atoms with E-state index in [0.29, 0.717) is 11.7 Å². The Labute approximate surface area is 123 Å². The minimum Gasteiger partial charge on any atom is -0.481 e. The summed E-state index contributed by atoms with van der Waals surface area (Å²) in [7, 11) is 0. The summed E-state index contributed by atoms with van der Waals surface area (Å²) >= 11 is 5.20. The number of ether oxygens (including phenoxy) is 1. The van der Waals surface area contributed by atoms with Gasteiger partial charge in [-0.1, -0.05) is 12.1 Å². The van der Waals surface area contributed by atoms with Crippen molar-refractivity contribution in [3.05, 3.63) is 29.8 Å². The predicted octanol–water partition coefficient (Wildman–Crippen LogP) is 1.78. The zero-order valence-electron chi connectivity index (χ0n) is 11.1. The molecule has 0 spiro atoms. The number of thiocarbonyl (C=S) groups is 1. The first-order chi connectivity index (χ1) is 9.63. The summed E-state index contributed by atoms with van der Waals surface area (Å²) in [6, 6.07) is 7.19. The minimum absolute atomic E-state index is 0.0298. The maximum atomic E-state index is 10.6. The van der Waals surface area contributed by atoms with Gasteiger partial charge in [-0.3, -0.25) is 4.79 Å². The molecule has 1 aromatic rings. The second-order valence-electron chi connectivity index (χ2n) is 4.74. The maximum Gasteiger partial charge on any atom is 0.307 e. The summed E-state index contributed by atoms with van der Waals surface area (Å²) < 4.78 is 5.50. The summed E-state index contributed by atoms with van der Waals surface area (Å²) in [6.45, 7) is 1.54. The van der Waals surface area contributed by atoms with Gasteiger partial charge in [0.25, 0.3) is 0 Å². The highest BCUT2D eigenvalue weighted by Gasteiger charge is 2.15. The molecule has 1 unspecified atom stereocenters. The highest BCUT2D eigenvalue weighted by molar-refractivity contribution is 7.80. The van der Waals surface area contributed by atoms with E-state index in [2.05, 4.69) is 10.6 Å². The van der Waals surface area contributed by atoms with E-state index >= 15 is 0 Å². The molecule has 0 aromatic heterocycles. The van der Waals surface area contributed by atoms with Gasteiger partial charge in [0.15, 0.2) is 5.11 Å². The summed E-state index contributed by atoms with van der Waals surface area (Å²) in [5, 5.41) is 15.4. The first-order valence-electron chi connectivity index (χ1n) is 6.60. The molecule has 0 saturated carbocycles. The van der Waals surface area contributed by atoms with Crippen molar-refractivity contribution in [3.8, 4) is 0 Å². The van der Waals surface area contributed by atoms with Gasteiger partial charge in [-0.05, 0) is 42.8 Å². The van der Waals surface area contributed by atoms with E-state index in [1.165, 1.54) is 0 Å². The first kappa shape index (κ1) is 14.7. The second kappa shape index (κ2) is 7.21. The standard InChI is InChI=1S/C14H18N2O3S/c17-13(18)8-10-3-5-11(6-4-10)16-14(20)15-9-12-2-1-7-19-12/h3-6,12H,1-2,7-9H2,(H,17,18)(H2,15,16,20). The average Bonchev–Trinajstić information content (AvgIpc) is 2.91. The number of hydrogen-bond donors (Lipinski definition) is 3. The Kier molecular flexibility index (Phi) is 5.31. The third kappa shape index (κ3) is 4.79. The third-order valence-electron chi connectivity index (χ3n) is 3.08. The van der Waals surface area contributed by atoms with Crippen LogP contribution in [0.5, 0.6) is 0 Å². The molecule has 6 heteroatoms. The van der Waals surface area contributed by atoms with Crippen LogP contribution in [0.1, 0.15) is 18.4 Å². The molecule has 0 aliphatic carbocycles. The van der Waals surface area contributed by atoms with Crippen LogP contribution in [0.3, 0.4) is 0 Å². The van der Waals surface area contributed by atoms with Crippen molar-refractivity contribution in [2.75, 3.05) is 18.5 Å². The van der Waals surface area contributed by atoms with Gasteiger partial charge in [0, 0.05) is 18.8 Å². The fourth-order valence-corrected chi connectivity index (χ4v) is 2.27. The zero-order chi connectivity index (χ0) is 14.4. The second-order valence-corrected chi connectivity index (χ2v) is 5.15. The number of carboxylic acid groups (broad SMARTS) is 1. The Morgan fingerprint density at radius 1 is 1.40 bits per heavy atom. The molecule has 1 fully saturated rings. The predicted molar refractivity (Wildman–Crippen MR) is 81.0 cm³/mol. The Morgan fingerprint density at radius 2 is 2.15 bits per heavy atom. The monoisotopic (exact) mass is 294 g/mol. The van der Waals surface area contributed by atoms with Crippen LogP contribution in [0.2, 0.25) is 0 Å². The van der Waals surface area contributed by atoms with Gasteiger partial charge >= 0.3 is 5.97 Å². The number of rotatable bonds is 5. The topological polar surface area (TPSA) is 70.6 Å². The molecule has 1 aliphatic rings. The van der Waals surface area contributed by atoms with Gasteiger partial charge in [0.1, 0.15) is 0 Å². The molecule has 1 aliphatic heterocycles. The molecule has 1 saturated heterocycles. The van der Waals surface area contributed by atoms with Crippen molar-refractivity contribution in [2.24, 2.45) is 0 Å². The number of hydrogen-bond acceptors (Lipinski definition) is 3. The van der Waals surface area contributed by atoms with Crippen LogP contribution in [0.4, 0.5) is 5.69 Å². The van der Waals surface area contributed by atoms with E-state index in [9.17, 15) is 4.79 Å². The smallest absolute Gasteiger partial charge is 0.307 e. The molecule has 5 nitrogen and oxygen atoms in total. The lowest BCUT2D eigenvalue weighted by Crippen LogP contribution is -2.34. The molecular weight excluding hydrogens is 276 g/mol. The third-order valence-corrected chi connectivity index (χ3v) is 3.33. The highest BCUT2D eigenvalue weighted by atomic mass is 32.1. The van der Waals surface area contributed by atoms with Crippen LogP contribution >= 0.6 is 12.2 Å². The van der Waals surface area contributed by atoms with E-state index in [-0.39, 0.29) is 12.5 Å². The molecule has 1 aromatic carbocycles. The van der Waals surface area contributed by atoms with E-state index in [1.54, 1.807) is 12.1 Å². The molecule has 1 atom stereocenters. The Balaban J connectivity index is 1.76. The molecule has 108 valence electrons. The van der Waals surface area contributed by atoms with Crippen molar-refractivity contribution in [1.29, 1.82) is 0 Å². The Morgan fingerprint density at radius 3 is 2.75 bits per heavy atom. The van der Waals surface area contributed by atoms with Crippen LogP contribution in [-0.2, 0) is 16.0 Å². The summed E-state index contributed by atoms with van der Waals surface area (Å²) in [5.41, 5.74) is 1.60. The SMILES string of the molecule is O=C(O)Cc1ccc(NC(=S)NCC2CCCO2)cc1.